The highest BCUT2D eigenvalue weighted by Crippen LogP contribution is 2.31. The Morgan fingerprint density at radius 2 is 1.90 bits per heavy atom. The smallest absolute Gasteiger partial charge is 0.126 e. The molecule has 0 unspecified atom stereocenters. The summed E-state index contributed by atoms with van der Waals surface area (Å²) in [4.78, 5) is 9.30. The van der Waals surface area contributed by atoms with E-state index in [1.165, 1.54) is 0 Å². The number of piperazine rings is 1. The highest BCUT2D eigenvalue weighted by Gasteiger charge is 2.29. The summed E-state index contributed by atoms with van der Waals surface area (Å²) in [5.74, 6) is 0.847. The molecule has 0 saturated carbocycles. The van der Waals surface area contributed by atoms with Crippen LogP contribution >= 0.6 is 0 Å². The third-order valence-electron chi connectivity index (χ3n) is 6.02. The molecule has 158 valence electrons. The summed E-state index contributed by atoms with van der Waals surface area (Å²) in [5.41, 5.74) is 5.24. The Balaban J connectivity index is 1.43. The Bertz CT molecular complexity index is 1180. The van der Waals surface area contributed by atoms with E-state index in [1.54, 1.807) is 7.11 Å². The molecule has 1 atom stereocenters. The van der Waals surface area contributed by atoms with Crippen molar-refractivity contribution in [3.05, 3.63) is 78.4 Å². The Hall–Kier alpha value is -3.29. The number of fused-ring (bicyclic) bond motifs is 1. The van der Waals surface area contributed by atoms with Crippen LogP contribution in [0.1, 0.15) is 17.4 Å². The molecular weight excluding hydrogens is 388 g/mol. The van der Waals surface area contributed by atoms with Crippen LogP contribution in [0.5, 0.6) is 5.75 Å². The molecule has 1 aliphatic rings. The zero-order chi connectivity index (χ0) is 21.2. The van der Waals surface area contributed by atoms with Gasteiger partial charge in [0.05, 0.1) is 24.4 Å². The van der Waals surface area contributed by atoms with E-state index in [1.807, 2.05) is 47.2 Å². The molecule has 31 heavy (non-hydrogen) atoms. The molecule has 1 saturated heterocycles. The number of benzene rings is 1. The number of hydrogen-bond donors (Lipinski definition) is 0. The van der Waals surface area contributed by atoms with Gasteiger partial charge in [-0.2, -0.15) is 0 Å². The van der Waals surface area contributed by atoms with Gasteiger partial charge in [0.2, 0.25) is 0 Å². The number of hydrogen-bond acceptors (Lipinski definition) is 6. The van der Waals surface area contributed by atoms with E-state index in [9.17, 15) is 0 Å². The zero-order valence-corrected chi connectivity index (χ0v) is 17.8. The van der Waals surface area contributed by atoms with E-state index in [0.717, 1.165) is 60.0 Å². The molecular formula is C24H26N6O. The molecule has 4 aromatic rings. The molecule has 0 aliphatic carbocycles. The third-order valence-corrected chi connectivity index (χ3v) is 6.02. The fourth-order valence-electron chi connectivity index (χ4n) is 4.28. The molecule has 5 rings (SSSR count). The standard InChI is InChI=1S/C24H26N6O/c1-28-13-14-29(16-19-7-5-6-12-25-19)17-22(28)24-21-11-10-18(15-30(21)27-26-24)20-8-3-4-9-23(20)31-2/h3-12,15,22H,13-14,16-17H2,1-2H3/t22-/m0/s1. The lowest BCUT2D eigenvalue weighted by Crippen LogP contribution is -2.46. The minimum atomic E-state index is 0.187. The summed E-state index contributed by atoms with van der Waals surface area (Å²) >= 11 is 0. The second kappa shape index (κ2) is 8.45. The Kier molecular flexibility index (Phi) is 5.36. The number of para-hydroxylation sites is 1. The number of rotatable bonds is 5. The van der Waals surface area contributed by atoms with Gasteiger partial charge in [-0.25, -0.2) is 4.52 Å². The van der Waals surface area contributed by atoms with Crippen LogP contribution in [0.15, 0.2) is 67.0 Å². The molecule has 0 N–H and O–H groups in total. The minimum Gasteiger partial charge on any atom is -0.496 e. The summed E-state index contributed by atoms with van der Waals surface area (Å²) in [5, 5.41) is 9.03. The lowest BCUT2D eigenvalue weighted by atomic mass is 10.0. The Morgan fingerprint density at radius 3 is 2.74 bits per heavy atom. The largest absolute Gasteiger partial charge is 0.496 e. The third kappa shape index (κ3) is 3.89. The van der Waals surface area contributed by atoms with Gasteiger partial charge in [-0.1, -0.05) is 35.5 Å². The van der Waals surface area contributed by atoms with Gasteiger partial charge >= 0.3 is 0 Å². The van der Waals surface area contributed by atoms with Crippen LogP contribution in [0.25, 0.3) is 16.6 Å². The summed E-state index contributed by atoms with van der Waals surface area (Å²) < 4.78 is 7.40. The first-order chi connectivity index (χ1) is 15.2. The molecule has 7 nitrogen and oxygen atoms in total. The van der Waals surface area contributed by atoms with E-state index >= 15 is 0 Å². The molecule has 1 aromatic carbocycles. The topological polar surface area (TPSA) is 58.8 Å². The maximum Gasteiger partial charge on any atom is 0.126 e. The van der Waals surface area contributed by atoms with Gasteiger partial charge in [0.25, 0.3) is 0 Å². The van der Waals surface area contributed by atoms with Crippen molar-refractivity contribution in [2.45, 2.75) is 12.6 Å². The second-order valence-corrected chi connectivity index (χ2v) is 7.98. The predicted molar refractivity (Wildman–Crippen MR) is 120 cm³/mol. The van der Waals surface area contributed by atoms with Gasteiger partial charge in [0.1, 0.15) is 11.4 Å². The maximum absolute atomic E-state index is 5.52. The van der Waals surface area contributed by atoms with Gasteiger partial charge in [-0.3, -0.25) is 14.8 Å². The van der Waals surface area contributed by atoms with Crippen molar-refractivity contribution in [2.75, 3.05) is 33.8 Å². The number of pyridine rings is 2. The van der Waals surface area contributed by atoms with E-state index < -0.39 is 0 Å². The fourth-order valence-corrected chi connectivity index (χ4v) is 4.28. The Labute approximate surface area is 181 Å². The van der Waals surface area contributed by atoms with Crippen molar-refractivity contribution < 1.29 is 4.74 Å². The monoisotopic (exact) mass is 414 g/mol. The van der Waals surface area contributed by atoms with Crippen molar-refractivity contribution in [3.63, 3.8) is 0 Å². The van der Waals surface area contributed by atoms with Gasteiger partial charge in [-0.15, -0.1) is 5.10 Å². The van der Waals surface area contributed by atoms with Crippen molar-refractivity contribution in [1.29, 1.82) is 0 Å². The minimum absolute atomic E-state index is 0.187. The van der Waals surface area contributed by atoms with Crippen molar-refractivity contribution >= 4 is 5.52 Å². The fraction of sp³-hybridized carbons (Fsp3) is 0.292. The molecule has 0 spiro atoms. The highest BCUT2D eigenvalue weighted by atomic mass is 16.5. The first-order valence-corrected chi connectivity index (χ1v) is 10.5. The predicted octanol–water partition coefficient (Wildman–Crippen LogP) is 3.29. The summed E-state index contributed by atoms with van der Waals surface area (Å²) in [6, 6.07) is 18.5. The van der Waals surface area contributed by atoms with E-state index in [0.29, 0.717) is 0 Å². The average molecular weight is 415 g/mol. The normalized spacial score (nSPS) is 17.8. The van der Waals surface area contributed by atoms with Crippen LogP contribution in [-0.4, -0.2) is 63.4 Å². The van der Waals surface area contributed by atoms with Crippen LogP contribution in [-0.2, 0) is 6.54 Å². The van der Waals surface area contributed by atoms with Crippen LogP contribution in [0.2, 0.25) is 0 Å². The highest BCUT2D eigenvalue weighted by molar-refractivity contribution is 5.71. The van der Waals surface area contributed by atoms with E-state index in [2.05, 4.69) is 56.4 Å². The Morgan fingerprint density at radius 1 is 1.03 bits per heavy atom. The van der Waals surface area contributed by atoms with Crippen LogP contribution in [0, 0.1) is 0 Å². The SMILES string of the molecule is COc1ccccc1-c1ccc2c([C@@H]3CN(Cc4ccccn4)CCN3C)nnn2c1. The molecule has 0 bridgehead atoms. The zero-order valence-electron chi connectivity index (χ0n) is 17.8. The molecule has 0 amide bonds. The van der Waals surface area contributed by atoms with Crippen LogP contribution in [0.4, 0.5) is 0 Å². The molecule has 3 aromatic heterocycles. The van der Waals surface area contributed by atoms with Gasteiger partial charge in [-0.05, 0) is 31.3 Å². The number of ether oxygens (including phenoxy) is 1. The first kappa shape index (κ1) is 19.7. The molecule has 4 heterocycles. The number of likely N-dealkylation sites (N-methyl/N-ethyl adjacent to an activating group) is 1. The number of nitrogens with zero attached hydrogens (tertiary/aromatic N) is 6. The average Bonchev–Trinajstić information content (AvgIpc) is 3.24. The first-order valence-electron chi connectivity index (χ1n) is 10.5. The lowest BCUT2D eigenvalue weighted by molar-refractivity contribution is 0.0881. The maximum atomic E-state index is 5.52. The summed E-state index contributed by atoms with van der Waals surface area (Å²) in [6.07, 6.45) is 3.88. The van der Waals surface area contributed by atoms with Gasteiger partial charge in [0, 0.05) is 49.7 Å². The van der Waals surface area contributed by atoms with Crippen LogP contribution in [0.3, 0.4) is 0 Å². The molecule has 1 fully saturated rings. The quantitative estimate of drug-likeness (QED) is 0.500. The van der Waals surface area contributed by atoms with Crippen molar-refractivity contribution in [1.82, 2.24) is 29.6 Å². The van der Waals surface area contributed by atoms with E-state index in [4.69, 9.17) is 4.74 Å². The van der Waals surface area contributed by atoms with E-state index in [-0.39, 0.29) is 6.04 Å². The lowest BCUT2D eigenvalue weighted by Gasteiger charge is -2.38. The van der Waals surface area contributed by atoms with Crippen molar-refractivity contribution in [3.8, 4) is 16.9 Å². The van der Waals surface area contributed by atoms with Crippen molar-refractivity contribution in [2.24, 2.45) is 0 Å². The second-order valence-electron chi connectivity index (χ2n) is 7.98. The summed E-state index contributed by atoms with van der Waals surface area (Å²) in [7, 11) is 3.86. The van der Waals surface area contributed by atoms with Gasteiger partial charge < -0.3 is 4.74 Å². The molecule has 0 radical (unpaired) electrons. The van der Waals surface area contributed by atoms with Gasteiger partial charge in [0.15, 0.2) is 0 Å². The number of methoxy groups -OCH3 is 1. The van der Waals surface area contributed by atoms with Crippen LogP contribution < -0.4 is 4.74 Å². The molecule has 7 heteroatoms. The molecule has 1 aliphatic heterocycles. The number of aromatic nitrogens is 4. The summed E-state index contributed by atoms with van der Waals surface area (Å²) in [6.45, 7) is 3.74.